The van der Waals surface area contributed by atoms with Crippen molar-refractivity contribution in [1.82, 2.24) is 15.3 Å². The summed E-state index contributed by atoms with van der Waals surface area (Å²) >= 11 is 0. The largest absolute Gasteiger partial charge is 0.461 e. The number of aromatic nitrogens is 2. The number of carbonyl (C=O) groups is 2. The van der Waals surface area contributed by atoms with Crippen molar-refractivity contribution in [1.29, 1.82) is 0 Å². The van der Waals surface area contributed by atoms with Crippen LogP contribution in [0.3, 0.4) is 0 Å². The number of ether oxygens (including phenoxy) is 1. The van der Waals surface area contributed by atoms with Crippen molar-refractivity contribution >= 4 is 11.9 Å². The molecule has 1 fully saturated rings. The molecule has 0 aliphatic heterocycles. The molecule has 1 heterocycles. The smallest absolute Gasteiger partial charge is 0.337 e. The van der Waals surface area contributed by atoms with Crippen LogP contribution in [-0.4, -0.2) is 51.2 Å². The molecule has 0 saturated heterocycles. The molecule has 0 radical (unpaired) electrons. The average Bonchev–Trinajstić information content (AvgIpc) is 3.13. The molecule has 1 saturated carbocycles. The maximum atomic E-state index is 12.5. The maximum Gasteiger partial charge on any atom is 0.337 e. The van der Waals surface area contributed by atoms with E-state index in [1.54, 1.807) is 20.0 Å². The number of H-pyrrole nitrogens is 1. The Morgan fingerprint density at radius 2 is 2.07 bits per heavy atom. The number of aliphatic hydroxyl groups excluding tert-OH is 1. The quantitative estimate of drug-likeness (QED) is 0.474. The minimum Gasteiger partial charge on any atom is -0.461 e. The molecule has 2 unspecified atom stereocenters. The van der Waals surface area contributed by atoms with E-state index in [4.69, 9.17) is 10.5 Å². The number of hydrogen-bond donors (Lipinski definition) is 4. The van der Waals surface area contributed by atoms with Crippen LogP contribution in [0, 0.1) is 5.92 Å². The van der Waals surface area contributed by atoms with Gasteiger partial charge in [-0.3, -0.25) is 4.79 Å². The molecule has 1 aromatic rings. The van der Waals surface area contributed by atoms with Crippen molar-refractivity contribution in [3.05, 3.63) is 18.2 Å². The van der Waals surface area contributed by atoms with E-state index in [1.807, 2.05) is 0 Å². The fourth-order valence-corrected chi connectivity index (χ4v) is 3.53. The first-order valence-electron chi connectivity index (χ1n) is 9.79. The van der Waals surface area contributed by atoms with Gasteiger partial charge in [-0.2, -0.15) is 0 Å². The van der Waals surface area contributed by atoms with E-state index in [-0.39, 0.29) is 12.5 Å². The lowest BCUT2D eigenvalue weighted by Gasteiger charge is -2.30. The van der Waals surface area contributed by atoms with Gasteiger partial charge in [-0.25, -0.2) is 9.78 Å². The van der Waals surface area contributed by atoms with Crippen molar-refractivity contribution in [2.75, 3.05) is 0 Å². The van der Waals surface area contributed by atoms with Gasteiger partial charge in [0.25, 0.3) is 0 Å². The van der Waals surface area contributed by atoms with Crippen molar-refractivity contribution in [2.24, 2.45) is 11.7 Å². The fraction of sp³-hybridized carbons (Fsp3) is 0.737. The lowest BCUT2D eigenvalue weighted by atomic mass is 9.83. The number of rotatable bonds is 9. The number of amides is 1. The zero-order valence-corrected chi connectivity index (χ0v) is 16.2. The topological polar surface area (TPSA) is 130 Å². The highest BCUT2D eigenvalue weighted by Gasteiger charge is 2.33. The molecule has 1 aliphatic rings. The van der Waals surface area contributed by atoms with Crippen LogP contribution in [0.4, 0.5) is 0 Å². The number of aliphatic hydroxyl groups is 1. The lowest BCUT2D eigenvalue weighted by Crippen LogP contribution is -2.53. The van der Waals surface area contributed by atoms with Crippen LogP contribution in [-0.2, 0) is 20.7 Å². The van der Waals surface area contributed by atoms with Gasteiger partial charge in [0.15, 0.2) is 6.10 Å². The number of imidazole rings is 1. The number of nitrogens with zero attached hydrogens (tertiary/aromatic N) is 1. The van der Waals surface area contributed by atoms with Gasteiger partial charge in [-0.1, -0.05) is 32.1 Å². The van der Waals surface area contributed by atoms with Gasteiger partial charge in [0, 0.05) is 12.6 Å². The van der Waals surface area contributed by atoms with Gasteiger partial charge < -0.3 is 25.9 Å². The fourth-order valence-electron chi connectivity index (χ4n) is 3.53. The number of aromatic amines is 1. The molecule has 0 spiro atoms. The third-order valence-corrected chi connectivity index (χ3v) is 4.93. The summed E-state index contributed by atoms with van der Waals surface area (Å²) in [6.45, 7) is 3.44. The minimum absolute atomic E-state index is 0.276. The summed E-state index contributed by atoms with van der Waals surface area (Å²) in [7, 11) is 0. The van der Waals surface area contributed by atoms with Crippen molar-refractivity contribution in [3.8, 4) is 0 Å². The highest BCUT2D eigenvalue weighted by molar-refractivity contribution is 5.83. The first-order chi connectivity index (χ1) is 12.9. The van der Waals surface area contributed by atoms with Crippen molar-refractivity contribution in [3.63, 3.8) is 0 Å². The molecular formula is C19H32N4O4. The Morgan fingerprint density at radius 3 is 2.67 bits per heavy atom. The van der Waals surface area contributed by atoms with Gasteiger partial charge in [0.05, 0.1) is 30.2 Å². The molecule has 3 atom stereocenters. The third-order valence-electron chi connectivity index (χ3n) is 4.93. The number of esters is 1. The summed E-state index contributed by atoms with van der Waals surface area (Å²) in [5.74, 6) is -0.754. The first-order valence-corrected chi connectivity index (χ1v) is 9.79. The monoisotopic (exact) mass is 380 g/mol. The van der Waals surface area contributed by atoms with Crippen LogP contribution in [0.15, 0.2) is 12.5 Å². The molecule has 8 nitrogen and oxygen atoms in total. The number of carbonyl (C=O) groups excluding carboxylic acids is 2. The summed E-state index contributed by atoms with van der Waals surface area (Å²) in [6.07, 6.45) is 7.84. The molecule has 152 valence electrons. The molecule has 1 aromatic heterocycles. The molecule has 0 bridgehead atoms. The predicted molar refractivity (Wildman–Crippen MR) is 101 cm³/mol. The summed E-state index contributed by atoms with van der Waals surface area (Å²) < 4.78 is 5.12. The van der Waals surface area contributed by atoms with Crippen LogP contribution in [0.5, 0.6) is 0 Å². The van der Waals surface area contributed by atoms with Crippen LogP contribution < -0.4 is 11.1 Å². The molecule has 1 aliphatic carbocycles. The van der Waals surface area contributed by atoms with Crippen molar-refractivity contribution < 1.29 is 19.4 Å². The summed E-state index contributed by atoms with van der Waals surface area (Å²) in [4.78, 5) is 31.6. The minimum atomic E-state index is -1.41. The van der Waals surface area contributed by atoms with E-state index >= 15 is 0 Å². The normalized spacial score (nSPS) is 18.7. The Labute approximate surface area is 160 Å². The Balaban J connectivity index is 2.00. The SMILES string of the molecule is CC(C)OC(=O)C(O)[C@H](CC1CCCCC1)NC(=O)C(N)Cc1c[nH]cn1. The molecular weight excluding hydrogens is 348 g/mol. The van der Waals surface area contributed by atoms with E-state index in [2.05, 4.69) is 15.3 Å². The lowest BCUT2D eigenvalue weighted by molar-refractivity contribution is -0.159. The van der Waals surface area contributed by atoms with Gasteiger partial charge in [0.1, 0.15) is 0 Å². The third kappa shape index (κ3) is 6.95. The average molecular weight is 380 g/mol. The van der Waals surface area contributed by atoms with Gasteiger partial charge in [-0.15, -0.1) is 0 Å². The molecule has 0 aromatic carbocycles. The molecule has 5 N–H and O–H groups in total. The Kier molecular flexibility index (Phi) is 8.24. The van der Waals surface area contributed by atoms with Crippen LogP contribution in [0.25, 0.3) is 0 Å². The van der Waals surface area contributed by atoms with Gasteiger partial charge in [0.2, 0.25) is 5.91 Å². The summed E-state index contributed by atoms with van der Waals surface area (Å²) in [5.41, 5.74) is 6.66. The second-order valence-corrected chi connectivity index (χ2v) is 7.66. The maximum absolute atomic E-state index is 12.5. The van der Waals surface area contributed by atoms with Crippen LogP contribution >= 0.6 is 0 Å². The molecule has 8 heteroatoms. The van der Waals surface area contributed by atoms with Gasteiger partial charge >= 0.3 is 5.97 Å². The number of nitrogens with one attached hydrogen (secondary N) is 2. The standard InChI is InChI=1S/C19H32N4O4/c1-12(2)27-19(26)17(24)16(8-13-6-4-3-5-7-13)23-18(25)15(20)9-14-10-21-11-22-14/h10-13,15-17,24H,3-9,20H2,1-2H3,(H,21,22)(H,23,25)/t15?,16-,17?/m0/s1. The molecule has 27 heavy (non-hydrogen) atoms. The zero-order chi connectivity index (χ0) is 19.8. The number of hydrogen-bond acceptors (Lipinski definition) is 6. The van der Waals surface area contributed by atoms with Crippen molar-refractivity contribution in [2.45, 2.75) is 83.1 Å². The second-order valence-electron chi connectivity index (χ2n) is 7.66. The van der Waals surface area contributed by atoms with Crippen LogP contribution in [0.1, 0.15) is 58.1 Å². The van der Waals surface area contributed by atoms with E-state index in [0.717, 1.165) is 25.7 Å². The van der Waals surface area contributed by atoms with E-state index in [9.17, 15) is 14.7 Å². The van der Waals surface area contributed by atoms with E-state index in [0.29, 0.717) is 18.0 Å². The Morgan fingerprint density at radius 1 is 1.37 bits per heavy atom. The zero-order valence-electron chi connectivity index (χ0n) is 16.2. The van der Waals surface area contributed by atoms with E-state index < -0.39 is 30.1 Å². The number of nitrogens with two attached hydrogens (primary N) is 1. The van der Waals surface area contributed by atoms with Crippen LogP contribution in [0.2, 0.25) is 0 Å². The highest BCUT2D eigenvalue weighted by atomic mass is 16.6. The second kappa shape index (κ2) is 10.4. The first kappa shape index (κ1) is 21.4. The summed E-state index contributed by atoms with van der Waals surface area (Å²) in [6, 6.07) is -1.52. The Bertz CT molecular complexity index is 585. The molecule has 1 amide bonds. The highest BCUT2D eigenvalue weighted by Crippen LogP contribution is 2.28. The Hall–Kier alpha value is -1.93. The summed E-state index contributed by atoms with van der Waals surface area (Å²) in [5, 5.41) is 13.3. The van der Waals surface area contributed by atoms with Gasteiger partial charge in [-0.05, 0) is 26.2 Å². The predicted octanol–water partition coefficient (Wildman–Crippen LogP) is 1.05. The molecule has 2 rings (SSSR count). The van der Waals surface area contributed by atoms with E-state index in [1.165, 1.54) is 12.7 Å².